The number of rotatable bonds is 10. The molecule has 0 atom stereocenters. The lowest BCUT2D eigenvalue weighted by atomic mass is 9.43. The fraction of sp³-hybridized carbons (Fsp3) is 0.929. The van der Waals surface area contributed by atoms with Crippen LogP contribution in [0, 0.1) is 21.7 Å². The lowest BCUT2D eigenvalue weighted by Crippen LogP contribution is -2.67. The monoisotopic (exact) mass is 544 g/mol. The Morgan fingerprint density at radius 1 is 0.605 bits per heavy atom. The van der Waals surface area contributed by atoms with Crippen LogP contribution < -0.4 is 0 Å². The SMILES string of the molecule is COC1(OC)CC2(C1)CC(C(=O)OC(C)C)(C(=O)OC(C)C)C2.COC1(OC)CC2(CC(CO)(CO)C2)C1. The first-order chi connectivity index (χ1) is 17.7. The van der Waals surface area contributed by atoms with Crippen molar-refractivity contribution in [1.82, 2.24) is 0 Å². The lowest BCUT2D eigenvalue weighted by molar-refractivity contribution is -0.333. The van der Waals surface area contributed by atoms with Crippen LogP contribution in [0.15, 0.2) is 0 Å². The van der Waals surface area contributed by atoms with E-state index in [1.807, 2.05) is 0 Å². The molecule has 0 saturated heterocycles. The number of esters is 2. The largest absolute Gasteiger partial charge is 0.462 e. The molecule has 4 aliphatic carbocycles. The van der Waals surface area contributed by atoms with E-state index in [9.17, 15) is 19.8 Å². The fourth-order valence-corrected chi connectivity index (χ4v) is 7.49. The molecular weight excluding hydrogens is 496 g/mol. The van der Waals surface area contributed by atoms with Gasteiger partial charge in [0.25, 0.3) is 0 Å². The standard InChI is InChI=1S/C17H28O6.C11H20O4/c1-11(2)22-13(18)16(14(19)23-12(3)4)7-15(8-16)9-17(10-15,20-5)21-6;1-14-11(15-2)5-9(6-11)3-10(4-9,7-12)8-13/h11-12H,7-10H2,1-6H3;12-13H,3-8H2,1-2H3. The quantitative estimate of drug-likeness (QED) is 0.240. The Hall–Kier alpha value is -1.30. The molecule has 220 valence electrons. The van der Waals surface area contributed by atoms with E-state index in [0.717, 1.165) is 25.7 Å². The van der Waals surface area contributed by atoms with Crippen molar-refractivity contribution in [2.24, 2.45) is 21.7 Å². The minimum Gasteiger partial charge on any atom is -0.462 e. The predicted molar refractivity (Wildman–Crippen MR) is 137 cm³/mol. The molecule has 2 spiro atoms. The minimum absolute atomic E-state index is 0.0816. The van der Waals surface area contributed by atoms with Crippen molar-refractivity contribution in [3.8, 4) is 0 Å². The van der Waals surface area contributed by atoms with Crippen molar-refractivity contribution >= 4 is 11.9 Å². The summed E-state index contributed by atoms with van der Waals surface area (Å²) in [4.78, 5) is 25.0. The van der Waals surface area contributed by atoms with Gasteiger partial charge in [-0.2, -0.15) is 0 Å². The van der Waals surface area contributed by atoms with Gasteiger partial charge in [-0.3, -0.25) is 9.59 Å². The van der Waals surface area contributed by atoms with Crippen LogP contribution in [0.1, 0.15) is 79.1 Å². The summed E-state index contributed by atoms with van der Waals surface area (Å²) in [6.45, 7) is 7.27. The smallest absolute Gasteiger partial charge is 0.323 e. The predicted octanol–water partition coefficient (Wildman–Crippen LogP) is 2.96. The maximum Gasteiger partial charge on any atom is 0.323 e. The second-order valence-electron chi connectivity index (χ2n) is 12.9. The van der Waals surface area contributed by atoms with E-state index >= 15 is 0 Å². The molecule has 4 saturated carbocycles. The van der Waals surface area contributed by atoms with Crippen molar-refractivity contribution in [2.45, 2.75) is 103 Å². The number of hydrogen-bond acceptors (Lipinski definition) is 10. The Labute approximate surface area is 226 Å². The van der Waals surface area contributed by atoms with Gasteiger partial charge in [0.1, 0.15) is 0 Å². The maximum absolute atomic E-state index is 12.5. The van der Waals surface area contributed by atoms with E-state index in [2.05, 4.69) is 0 Å². The van der Waals surface area contributed by atoms with Gasteiger partial charge >= 0.3 is 11.9 Å². The Balaban J connectivity index is 0.000000230. The normalized spacial score (nSPS) is 25.8. The van der Waals surface area contributed by atoms with E-state index < -0.39 is 28.9 Å². The molecule has 4 aliphatic rings. The zero-order valence-electron chi connectivity index (χ0n) is 24.4. The highest BCUT2D eigenvalue weighted by Gasteiger charge is 2.72. The summed E-state index contributed by atoms with van der Waals surface area (Å²) >= 11 is 0. The third-order valence-corrected chi connectivity index (χ3v) is 9.06. The van der Waals surface area contributed by atoms with Gasteiger partial charge in [-0.15, -0.1) is 0 Å². The van der Waals surface area contributed by atoms with Crippen LogP contribution in [0.4, 0.5) is 0 Å². The summed E-state index contributed by atoms with van der Waals surface area (Å²) in [5.74, 6) is -1.94. The molecule has 4 fully saturated rings. The summed E-state index contributed by atoms with van der Waals surface area (Å²) in [7, 11) is 6.56. The Kier molecular flexibility index (Phi) is 8.99. The summed E-state index contributed by atoms with van der Waals surface area (Å²) in [5.41, 5.74) is -1.27. The van der Waals surface area contributed by atoms with Gasteiger partial charge in [0, 0.05) is 59.5 Å². The molecule has 0 aromatic rings. The molecule has 2 N–H and O–H groups in total. The number of ether oxygens (including phenoxy) is 6. The molecule has 10 heteroatoms. The van der Waals surface area contributed by atoms with Crippen LogP contribution in [-0.2, 0) is 38.0 Å². The number of hydrogen-bond donors (Lipinski definition) is 2. The Bertz CT molecular complexity index is 768. The van der Waals surface area contributed by atoms with Crippen LogP contribution in [0.3, 0.4) is 0 Å². The molecule has 0 radical (unpaired) electrons. The lowest BCUT2D eigenvalue weighted by Gasteiger charge is -2.65. The highest BCUT2D eigenvalue weighted by atomic mass is 16.7. The van der Waals surface area contributed by atoms with Crippen LogP contribution in [0.2, 0.25) is 0 Å². The first kappa shape index (κ1) is 31.2. The first-order valence-electron chi connectivity index (χ1n) is 13.5. The molecule has 0 aliphatic heterocycles. The minimum atomic E-state index is -1.18. The Morgan fingerprint density at radius 2 is 0.921 bits per heavy atom. The van der Waals surface area contributed by atoms with Gasteiger partial charge in [0.15, 0.2) is 17.0 Å². The molecule has 4 rings (SSSR count). The summed E-state index contributed by atoms with van der Waals surface area (Å²) in [5, 5.41) is 18.4. The number of aliphatic hydroxyl groups excluding tert-OH is 2. The van der Waals surface area contributed by atoms with E-state index in [1.54, 1.807) is 56.1 Å². The molecule has 0 bridgehead atoms. The van der Waals surface area contributed by atoms with Crippen LogP contribution >= 0.6 is 0 Å². The fourth-order valence-electron chi connectivity index (χ4n) is 7.49. The Morgan fingerprint density at radius 3 is 1.18 bits per heavy atom. The average molecular weight is 545 g/mol. The van der Waals surface area contributed by atoms with E-state index in [0.29, 0.717) is 25.7 Å². The summed E-state index contributed by atoms with van der Waals surface area (Å²) < 4.78 is 32.2. The summed E-state index contributed by atoms with van der Waals surface area (Å²) in [6.07, 6.45) is 5.25. The number of carbonyl (C=O) groups is 2. The molecule has 0 unspecified atom stereocenters. The van der Waals surface area contributed by atoms with E-state index in [4.69, 9.17) is 28.4 Å². The molecule has 10 nitrogen and oxygen atoms in total. The van der Waals surface area contributed by atoms with E-state index in [-0.39, 0.29) is 41.7 Å². The molecule has 0 aromatic heterocycles. The van der Waals surface area contributed by atoms with Gasteiger partial charge < -0.3 is 38.6 Å². The van der Waals surface area contributed by atoms with Gasteiger partial charge in [0.05, 0.1) is 25.4 Å². The number of aliphatic hydroxyl groups is 2. The molecule has 0 heterocycles. The van der Waals surface area contributed by atoms with Crippen LogP contribution in [-0.4, -0.2) is 87.6 Å². The van der Waals surface area contributed by atoms with Gasteiger partial charge in [-0.25, -0.2) is 0 Å². The third-order valence-electron chi connectivity index (χ3n) is 9.06. The van der Waals surface area contributed by atoms with E-state index in [1.165, 1.54) is 0 Å². The first-order valence-corrected chi connectivity index (χ1v) is 13.5. The van der Waals surface area contributed by atoms with Crippen LogP contribution in [0.25, 0.3) is 0 Å². The highest BCUT2D eigenvalue weighted by Crippen LogP contribution is 2.69. The molecular formula is C28H48O10. The number of carbonyl (C=O) groups excluding carboxylic acids is 2. The maximum atomic E-state index is 12.5. The number of methoxy groups -OCH3 is 4. The molecule has 38 heavy (non-hydrogen) atoms. The molecule has 0 aromatic carbocycles. The molecule has 0 amide bonds. The van der Waals surface area contributed by atoms with Crippen molar-refractivity contribution in [3.05, 3.63) is 0 Å². The topological polar surface area (TPSA) is 130 Å². The van der Waals surface area contributed by atoms with Crippen molar-refractivity contribution in [1.29, 1.82) is 0 Å². The third kappa shape index (κ3) is 5.49. The zero-order chi connectivity index (χ0) is 28.6. The zero-order valence-corrected chi connectivity index (χ0v) is 24.4. The average Bonchev–Trinajstić information content (AvgIpc) is 2.77. The van der Waals surface area contributed by atoms with Gasteiger partial charge in [-0.05, 0) is 64.2 Å². The second kappa shape index (κ2) is 10.9. The van der Waals surface area contributed by atoms with Crippen LogP contribution in [0.5, 0.6) is 0 Å². The second-order valence-corrected chi connectivity index (χ2v) is 12.9. The highest BCUT2D eigenvalue weighted by molar-refractivity contribution is 6.01. The summed E-state index contributed by atoms with van der Waals surface area (Å²) in [6, 6.07) is 0. The van der Waals surface area contributed by atoms with Gasteiger partial charge in [-0.1, -0.05) is 0 Å². The van der Waals surface area contributed by atoms with Gasteiger partial charge in [0.2, 0.25) is 0 Å². The van der Waals surface area contributed by atoms with Crippen molar-refractivity contribution in [3.63, 3.8) is 0 Å². The van der Waals surface area contributed by atoms with Crippen molar-refractivity contribution < 1.29 is 48.2 Å². The van der Waals surface area contributed by atoms with Crippen molar-refractivity contribution in [2.75, 3.05) is 41.7 Å².